The average molecular weight is 256 g/mol. The van der Waals surface area contributed by atoms with Gasteiger partial charge in [-0.25, -0.2) is 4.98 Å². The van der Waals surface area contributed by atoms with E-state index in [9.17, 15) is 0 Å². The van der Waals surface area contributed by atoms with Gasteiger partial charge in [-0.2, -0.15) is 4.37 Å². The minimum atomic E-state index is 0.0213. The van der Waals surface area contributed by atoms with Crippen molar-refractivity contribution in [3.8, 4) is 0 Å². The van der Waals surface area contributed by atoms with E-state index in [1.54, 1.807) is 0 Å². The number of nitrogens with one attached hydrogen (secondary N) is 1. The molecule has 1 aromatic heterocycles. The van der Waals surface area contributed by atoms with E-state index >= 15 is 0 Å². The molecule has 0 saturated carbocycles. The van der Waals surface area contributed by atoms with Crippen LogP contribution in [0.4, 0.5) is 5.13 Å². The number of anilines is 1. The fraction of sp³-hybridized carbons (Fsp3) is 0.833. The van der Waals surface area contributed by atoms with Crippen molar-refractivity contribution in [2.24, 2.45) is 0 Å². The lowest BCUT2D eigenvalue weighted by Gasteiger charge is -2.32. The summed E-state index contributed by atoms with van der Waals surface area (Å²) >= 11 is 1.44. The van der Waals surface area contributed by atoms with Crippen molar-refractivity contribution >= 4 is 16.7 Å². The molecule has 0 fully saturated rings. The first-order chi connectivity index (χ1) is 7.63. The van der Waals surface area contributed by atoms with Crippen LogP contribution in [0.5, 0.6) is 0 Å². The van der Waals surface area contributed by atoms with Crippen LogP contribution in [0.2, 0.25) is 0 Å². The van der Waals surface area contributed by atoms with Gasteiger partial charge < -0.3 is 10.2 Å². The third kappa shape index (κ3) is 3.92. The third-order valence-corrected chi connectivity index (χ3v) is 3.65. The molecule has 0 aromatic carbocycles. The Morgan fingerprint density at radius 3 is 2.18 bits per heavy atom. The van der Waals surface area contributed by atoms with Crippen molar-refractivity contribution in [3.05, 3.63) is 5.82 Å². The van der Waals surface area contributed by atoms with Crippen LogP contribution in [0.15, 0.2) is 0 Å². The number of hydrogen-bond acceptors (Lipinski definition) is 5. The molecule has 1 heterocycles. The quantitative estimate of drug-likeness (QED) is 0.899. The first kappa shape index (κ1) is 14.4. The summed E-state index contributed by atoms with van der Waals surface area (Å²) < 4.78 is 4.39. The first-order valence-electron chi connectivity index (χ1n) is 5.88. The second kappa shape index (κ2) is 4.90. The van der Waals surface area contributed by atoms with Gasteiger partial charge in [-0.15, -0.1) is 0 Å². The number of rotatable bonds is 4. The molecule has 1 aromatic rings. The normalized spacial score (nSPS) is 13.2. The van der Waals surface area contributed by atoms with Crippen LogP contribution in [0.25, 0.3) is 0 Å². The van der Waals surface area contributed by atoms with Gasteiger partial charge in [-0.05, 0) is 27.9 Å². The van der Waals surface area contributed by atoms with Gasteiger partial charge in [0, 0.05) is 29.0 Å². The SMILES string of the molecule is CN(C)C(C)(C)CNc1nc(C(C)(C)C)ns1. The topological polar surface area (TPSA) is 41.0 Å². The van der Waals surface area contributed by atoms with Gasteiger partial charge in [0.2, 0.25) is 5.13 Å². The maximum absolute atomic E-state index is 4.52. The lowest BCUT2D eigenvalue weighted by Crippen LogP contribution is -2.44. The number of aromatic nitrogens is 2. The van der Waals surface area contributed by atoms with Crippen LogP contribution in [0.1, 0.15) is 40.4 Å². The van der Waals surface area contributed by atoms with Crippen LogP contribution < -0.4 is 5.32 Å². The van der Waals surface area contributed by atoms with Crippen LogP contribution in [0.3, 0.4) is 0 Å². The van der Waals surface area contributed by atoms with Crippen molar-refractivity contribution in [3.63, 3.8) is 0 Å². The summed E-state index contributed by atoms with van der Waals surface area (Å²) in [6.07, 6.45) is 0. The summed E-state index contributed by atoms with van der Waals surface area (Å²) in [6, 6.07) is 0. The molecular formula is C12H24N4S. The van der Waals surface area contributed by atoms with E-state index in [4.69, 9.17) is 0 Å². The van der Waals surface area contributed by atoms with Crippen LogP contribution in [-0.4, -0.2) is 40.4 Å². The van der Waals surface area contributed by atoms with Crippen LogP contribution in [0, 0.1) is 0 Å². The molecule has 0 amide bonds. The number of hydrogen-bond donors (Lipinski definition) is 1. The minimum Gasteiger partial charge on any atom is -0.358 e. The highest BCUT2D eigenvalue weighted by Gasteiger charge is 2.22. The molecule has 98 valence electrons. The van der Waals surface area contributed by atoms with Gasteiger partial charge in [0.05, 0.1) is 0 Å². The smallest absolute Gasteiger partial charge is 0.202 e. The van der Waals surface area contributed by atoms with Crippen molar-refractivity contribution in [2.45, 2.75) is 45.6 Å². The fourth-order valence-corrected chi connectivity index (χ4v) is 1.80. The summed E-state index contributed by atoms with van der Waals surface area (Å²) in [6.45, 7) is 11.6. The molecule has 0 radical (unpaired) electrons. The Bertz CT molecular complexity index is 363. The van der Waals surface area contributed by atoms with Crippen molar-refractivity contribution < 1.29 is 0 Å². The molecule has 0 aliphatic heterocycles. The van der Waals surface area contributed by atoms with E-state index in [2.05, 4.69) is 68.3 Å². The minimum absolute atomic E-state index is 0.0213. The van der Waals surface area contributed by atoms with Gasteiger partial charge in [0.1, 0.15) is 5.82 Å². The standard InChI is InChI=1S/C12H24N4S/c1-11(2,3)9-14-10(17-15-9)13-8-12(4,5)16(6)7/h8H2,1-7H3,(H,13,14,15). The molecule has 0 atom stereocenters. The second-order valence-corrected chi connectivity index (χ2v) is 6.99. The van der Waals surface area contributed by atoms with Gasteiger partial charge in [0.15, 0.2) is 0 Å². The van der Waals surface area contributed by atoms with Gasteiger partial charge >= 0.3 is 0 Å². The molecule has 0 unspecified atom stereocenters. The number of likely N-dealkylation sites (N-methyl/N-ethyl adjacent to an activating group) is 1. The molecule has 0 bridgehead atoms. The molecule has 1 N–H and O–H groups in total. The molecule has 1 rings (SSSR count). The van der Waals surface area contributed by atoms with Gasteiger partial charge in [0.25, 0.3) is 0 Å². The predicted octanol–water partition coefficient (Wildman–Crippen LogP) is 2.59. The maximum Gasteiger partial charge on any atom is 0.202 e. The highest BCUT2D eigenvalue weighted by molar-refractivity contribution is 7.09. The van der Waals surface area contributed by atoms with Gasteiger partial charge in [-0.3, -0.25) is 0 Å². The maximum atomic E-state index is 4.52. The lowest BCUT2D eigenvalue weighted by molar-refractivity contribution is 0.210. The monoisotopic (exact) mass is 256 g/mol. The number of nitrogens with zero attached hydrogens (tertiary/aromatic N) is 3. The molecule has 4 nitrogen and oxygen atoms in total. The van der Waals surface area contributed by atoms with E-state index in [0.717, 1.165) is 17.5 Å². The molecule has 0 aliphatic carbocycles. The largest absolute Gasteiger partial charge is 0.358 e. The second-order valence-electron chi connectivity index (χ2n) is 6.23. The highest BCUT2D eigenvalue weighted by Crippen LogP contribution is 2.23. The zero-order chi connectivity index (χ0) is 13.3. The summed E-state index contributed by atoms with van der Waals surface area (Å²) in [5.41, 5.74) is 0.126. The predicted molar refractivity (Wildman–Crippen MR) is 74.9 cm³/mol. The molecule has 17 heavy (non-hydrogen) atoms. The zero-order valence-electron chi connectivity index (χ0n) is 12.0. The van der Waals surface area contributed by atoms with Gasteiger partial charge in [-0.1, -0.05) is 20.8 Å². The fourth-order valence-electron chi connectivity index (χ4n) is 1.05. The Labute approximate surface area is 109 Å². The molecule has 0 aliphatic rings. The molecule has 0 saturated heterocycles. The summed E-state index contributed by atoms with van der Waals surface area (Å²) in [7, 11) is 4.17. The summed E-state index contributed by atoms with van der Waals surface area (Å²) in [5, 5.41) is 4.27. The molecule has 5 heteroatoms. The Balaban J connectivity index is 2.63. The van der Waals surface area contributed by atoms with Crippen LogP contribution >= 0.6 is 11.5 Å². The Hall–Kier alpha value is -0.680. The van der Waals surface area contributed by atoms with E-state index in [0.29, 0.717) is 0 Å². The van der Waals surface area contributed by atoms with Crippen molar-refractivity contribution in [1.29, 1.82) is 0 Å². The first-order valence-corrected chi connectivity index (χ1v) is 6.66. The Morgan fingerprint density at radius 1 is 1.18 bits per heavy atom. The average Bonchev–Trinajstić information content (AvgIpc) is 2.62. The Morgan fingerprint density at radius 2 is 1.76 bits per heavy atom. The third-order valence-electron chi connectivity index (χ3n) is 2.98. The van der Waals surface area contributed by atoms with E-state index < -0.39 is 0 Å². The highest BCUT2D eigenvalue weighted by atomic mass is 32.1. The Kier molecular flexibility index (Phi) is 4.15. The van der Waals surface area contributed by atoms with E-state index in [1.807, 2.05) is 0 Å². The summed E-state index contributed by atoms with van der Waals surface area (Å²) in [4.78, 5) is 6.72. The lowest BCUT2D eigenvalue weighted by atomic mass is 9.96. The van der Waals surface area contributed by atoms with E-state index in [-0.39, 0.29) is 11.0 Å². The van der Waals surface area contributed by atoms with Crippen molar-refractivity contribution in [2.75, 3.05) is 26.0 Å². The van der Waals surface area contributed by atoms with Crippen molar-refractivity contribution in [1.82, 2.24) is 14.3 Å². The zero-order valence-corrected chi connectivity index (χ0v) is 12.8. The molecule has 0 spiro atoms. The molecular weight excluding hydrogens is 232 g/mol. The van der Waals surface area contributed by atoms with E-state index in [1.165, 1.54) is 11.5 Å². The summed E-state index contributed by atoms with van der Waals surface area (Å²) in [5.74, 6) is 0.910. The van der Waals surface area contributed by atoms with Crippen LogP contribution in [-0.2, 0) is 5.41 Å².